The van der Waals surface area contributed by atoms with E-state index in [1.807, 2.05) is 0 Å². The number of hydrogen-bond acceptors (Lipinski definition) is 15. The summed E-state index contributed by atoms with van der Waals surface area (Å²) in [5, 5.41) is 10.6. The molecule has 2 unspecified atom stereocenters. The van der Waals surface area contributed by atoms with Gasteiger partial charge in [0.15, 0.2) is 12.2 Å². The molecule has 0 rings (SSSR count). The highest BCUT2D eigenvalue weighted by atomic mass is 31.2. The molecule has 0 aliphatic heterocycles. The van der Waals surface area contributed by atoms with Gasteiger partial charge < -0.3 is 33.8 Å². The summed E-state index contributed by atoms with van der Waals surface area (Å²) in [6.07, 6.45) is 50.1. The highest BCUT2D eigenvalue weighted by Crippen LogP contribution is 2.45. The second-order valence-electron chi connectivity index (χ2n) is 26.9. The van der Waals surface area contributed by atoms with Crippen molar-refractivity contribution in [2.45, 2.75) is 387 Å². The number of esters is 4. The van der Waals surface area contributed by atoms with Gasteiger partial charge in [-0.1, -0.05) is 318 Å². The van der Waals surface area contributed by atoms with Crippen molar-refractivity contribution >= 4 is 39.5 Å². The SMILES string of the molecule is CCCCCCCCCCCCCCCCCCCCC(=O)O[C@H](COC(=O)CCCCCCCCCCCCCC)COP(=O)(O)OC[C@@H](O)COP(=O)(O)OC[C@@H](COC(=O)CCCCCCCCCC(C)C)OC(=O)CCCCCCCCCCC(C)C. The molecule has 0 radical (unpaired) electrons. The summed E-state index contributed by atoms with van der Waals surface area (Å²) in [5.41, 5.74) is 0. The normalized spacial score (nSPS) is 14.1. The molecular weight excluding hydrogens is 1200 g/mol. The number of aliphatic hydroxyl groups excluding tert-OH is 1. The number of rotatable bonds is 71. The molecule has 91 heavy (non-hydrogen) atoms. The van der Waals surface area contributed by atoms with E-state index in [4.69, 9.17) is 37.0 Å². The van der Waals surface area contributed by atoms with Crippen molar-refractivity contribution in [3.05, 3.63) is 0 Å². The van der Waals surface area contributed by atoms with E-state index in [9.17, 15) is 43.2 Å². The van der Waals surface area contributed by atoms with Crippen LogP contribution in [0.5, 0.6) is 0 Å². The molecule has 19 heteroatoms. The summed E-state index contributed by atoms with van der Waals surface area (Å²) in [7, 11) is -9.90. The molecule has 0 aromatic carbocycles. The van der Waals surface area contributed by atoms with E-state index in [2.05, 4.69) is 41.5 Å². The quantitative estimate of drug-likeness (QED) is 0.0222. The predicted octanol–water partition coefficient (Wildman–Crippen LogP) is 20.8. The third-order valence-corrected chi connectivity index (χ3v) is 18.6. The van der Waals surface area contributed by atoms with E-state index in [0.717, 1.165) is 102 Å². The number of phosphoric acid groups is 2. The average molecular weight is 1340 g/mol. The second kappa shape index (κ2) is 64.1. The Morgan fingerprint density at radius 1 is 0.297 bits per heavy atom. The van der Waals surface area contributed by atoms with Crippen molar-refractivity contribution in [2.75, 3.05) is 39.6 Å². The highest BCUT2D eigenvalue weighted by molar-refractivity contribution is 7.47. The molecule has 0 saturated heterocycles. The minimum Gasteiger partial charge on any atom is -0.462 e. The maximum Gasteiger partial charge on any atom is 0.472 e. The Labute approximate surface area is 556 Å². The molecule has 0 spiro atoms. The fourth-order valence-corrected chi connectivity index (χ4v) is 12.5. The molecule has 0 heterocycles. The van der Waals surface area contributed by atoms with Crippen LogP contribution in [0.3, 0.4) is 0 Å². The maximum atomic E-state index is 13.0. The zero-order chi connectivity index (χ0) is 67.2. The molecule has 0 bridgehead atoms. The Morgan fingerprint density at radius 2 is 0.505 bits per heavy atom. The van der Waals surface area contributed by atoms with Crippen LogP contribution in [-0.2, 0) is 65.4 Å². The lowest BCUT2D eigenvalue weighted by molar-refractivity contribution is -0.161. The maximum absolute atomic E-state index is 13.0. The van der Waals surface area contributed by atoms with Crippen LogP contribution in [0.4, 0.5) is 0 Å². The summed E-state index contributed by atoms with van der Waals surface area (Å²) in [5.74, 6) is -0.700. The summed E-state index contributed by atoms with van der Waals surface area (Å²) in [6, 6.07) is 0. The predicted molar refractivity (Wildman–Crippen MR) is 368 cm³/mol. The Hall–Kier alpha value is -1.94. The van der Waals surface area contributed by atoms with Gasteiger partial charge in [-0.2, -0.15) is 0 Å². The number of aliphatic hydroxyl groups is 1. The third-order valence-electron chi connectivity index (χ3n) is 16.7. The molecule has 0 aromatic heterocycles. The lowest BCUT2D eigenvalue weighted by Gasteiger charge is -2.21. The summed E-state index contributed by atoms with van der Waals surface area (Å²) in [6.45, 7) is 9.47. The first kappa shape index (κ1) is 89.1. The zero-order valence-electron chi connectivity index (χ0n) is 59.1. The van der Waals surface area contributed by atoms with Gasteiger partial charge in [-0.3, -0.25) is 37.3 Å². The van der Waals surface area contributed by atoms with Gasteiger partial charge in [0.2, 0.25) is 0 Å². The standard InChI is InChI=1S/C72H140O17P2/c1-7-9-11-13-15-17-19-21-22-23-24-25-26-28-30-37-44-50-56-71(76)88-67(60-82-69(74)54-48-42-36-29-27-20-18-16-14-12-10-8-2)62-86-90(78,79)84-58-66(73)59-85-91(80,81)87-63-68(61-83-70(75)55-49-43-39-33-35-41-47-53-65(5)6)89-72(77)57-51-45-38-32-31-34-40-46-52-64(3)4/h64-68,73H,7-63H2,1-6H3,(H,78,79)(H,80,81)/t66-,67-,68-/m1/s1. The topological polar surface area (TPSA) is 237 Å². The van der Waals surface area contributed by atoms with Crippen LogP contribution < -0.4 is 0 Å². The molecule has 0 saturated carbocycles. The summed E-state index contributed by atoms with van der Waals surface area (Å²) < 4.78 is 68.3. The third kappa shape index (κ3) is 66.5. The van der Waals surface area contributed by atoms with Crippen LogP contribution in [0.2, 0.25) is 0 Å². The molecule has 5 atom stereocenters. The number of hydrogen-bond donors (Lipinski definition) is 3. The van der Waals surface area contributed by atoms with E-state index < -0.39 is 97.5 Å². The molecule has 0 fully saturated rings. The first-order valence-corrected chi connectivity index (χ1v) is 40.5. The highest BCUT2D eigenvalue weighted by Gasteiger charge is 2.30. The molecule has 0 aliphatic rings. The Balaban J connectivity index is 5.22. The first-order valence-electron chi connectivity index (χ1n) is 37.5. The van der Waals surface area contributed by atoms with E-state index in [0.29, 0.717) is 31.6 Å². The van der Waals surface area contributed by atoms with Crippen LogP contribution in [0, 0.1) is 11.8 Å². The Morgan fingerprint density at radius 3 is 0.747 bits per heavy atom. The average Bonchev–Trinajstić information content (AvgIpc) is 3.20. The minimum atomic E-state index is -4.95. The van der Waals surface area contributed by atoms with Crippen molar-refractivity contribution < 1.29 is 80.2 Å². The van der Waals surface area contributed by atoms with Gasteiger partial charge in [-0.15, -0.1) is 0 Å². The minimum absolute atomic E-state index is 0.104. The first-order chi connectivity index (χ1) is 43.9. The summed E-state index contributed by atoms with van der Waals surface area (Å²) >= 11 is 0. The second-order valence-corrected chi connectivity index (χ2v) is 29.8. The van der Waals surface area contributed by atoms with Crippen LogP contribution in [0.1, 0.15) is 369 Å². The van der Waals surface area contributed by atoms with Crippen molar-refractivity contribution in [2.24, 2.45) is 11.8 Å². The zero-order valence-corrected chi connectivity index (χ0v) is 60.9. The number of carbonyl (C=O) groups excluding carboxylic acids is 4. The fraction of sp³-hybridized carbons (Fsp3) is 0.944. The molecule has 0 aromatic rings. The van der Waals surface area contributed by atoms with E-state index in [1.54, 1.807) is 0 Å². The lowest BCUT2D eigenvalue weighted by Crippen LogP contribution is -2.30. The van der Waals surface area contributed by atoms with Crippen LogP contribution in [0.25, 0.3) is 0 Å². The van der Waals surface area contributed by atoms with Crippen molar-refractivity contribution in [1.82, 2.24) is 0 Å². The van der Waals surface area contributed by atoms with E-state index in [1.165, 1.54) is 180 Å². The Bertz CT molecular complexity index is 1770. The Kier molecular flexibility index (Phi) is 62.7. The van der Waals surface area contributed by atoms with Crippen LogP contribution in [0.15, 0.2) is 0 Å². The largest absolute Gasteiger partial charge is 0.472 e. The van der Waals surface area contributed by atoms with Crippen molar-refractivity contribution in [3.8, 4) is 0 Å². The number of phosphoric ester groups is 2. The van der Waals surface area contributed by atoms with Crippen LogP contribution >= 0.6 is 15.6 Å². The lowest BCUT2D eigenvalue weighted by atomic mass is 10.0. The molecule has 540 valence electrons. The number of unbranched alkanes of at least 4 members (excludes halogenated alkanes) is 41. The number of carbonyl (C=O) groups is 4. The van der Waals surface area contributed by atoms with Gasteiger partial charge in [-0.05, 0) is 37.5 Å². The summed E-state index contributed by atoms with van der Waals surface area (Å²) in [4.78, 5) is 72.6. The van der Waals surface area contributed by atoms with Gasteiger partial charge in [0.1, 0.15) is 19.3 Å². The molecule has 3 N–H and O–H groups in total. The van der Waals surface area contributed by atoms with Crippen LogP contribution in [-0.4, -0.2) is 96.7 Å². The number of ether oxygens (including phenoxy) is 4. The molecular formula is C72H140O17P2. The van der Waals surface area contributed by atoms with E-state index in [-0.39, 0.29) is 25.7 Å². The molecule has 0 aliphatic carbocycles. The van der Waals surface area contributed by atoms with Crippen molar-refractivity contribution in [1.29, 1.82) is 0 Å². The molecule has 17 nitrogen and oxygen atoms in total. The fourth-order valence-electron chi connectivity index (χ4n) is 10.9. The van der Waals surface area contributed by atoms with Gasteiger partial charge in [0.05, 0.1) is 26.4 Å². The van der Waals surface area contributed by atoms with Gasteiger partial charge in [-0.25, -0.2) is 9.13 Å². The van der Waals surface area contributed by atoms with Gasteiger partial charge >= 0.3 is 39.5 Å². The van der Waals surface area contributed by atoms with E-state index >= 15 is 0 Å². The molecule has 0 amide bonds. The van der Waals surface area contributed by atoms with Gasteiger partial charge in [0, 0.05) is 25.7 Å². The van der Waals surface area contributed by atoms with Crippen molar-refractivity contribution in [3.63, 3.8) is 0 Å². The van der Waals surface area contributed by atoms with Gasteiger partial charge in [0.25, 0.3) is 0 Å². The smallest absolute Gasteiger partial charge is 0.462 e. The monoisotopic (exact) mass is 1340 g/mol.